The van der Waals surface area contributed by atoms with Crippen molar-refractivity contribution >= 4 is 11.6 Å². The minimum atomic E-state index is 0.578. The zero-order valence-electron chi connectivity index (χ0n) is 9.72. The number of nitrogens with zero attached hydrogens (tertiary/aromatic N) is 3. The predicted octanol–water partition coefficient (Wildman–Crippen LogP) is 0.667. The van der Waals surface area contributed by atoms with Crippen molar-refractivity contribution in [3.8, 4) is 0 Å². The SMILES string of the molecule is Cc1cccn2nc(NC3C4CNCC43)nc12. The van der Waals surface area contributed by atoms with Crippen LogP contribution < -0.4 is 10.6 Å². The van der Waals surface area contributed by atoms with Gasteiger partial charge in [-0.25, -0.2) is 4.52 Å². The van der Waals surface area contributed by atoms with Crippen LogP contribution in [0.2, 0.25) is 0 Å². The van der Waals surface area contributed by atoms with Crippen LogP contribution in [0.1, 0.15) is 5.56 Å². The first-order valence-electron chi connectivity index (χ1n) is 6.12. The van der Waals surface area contributed by atoms with E-state index in [9.17, 15) is 0 Å². The Hall–Kier alpha value is -1.62. The molecule has 2 N–H and O–H groups in total. The highest BCUT2D eigenvalue weighted by molar-refractivity contribution is 5.50. The summed E-state index contributed by atoms with van der Waals surface area (Å²) in [5.41, 5.74) is 2.10. The highest BCUT2D eigenvalue weighted by atomic mass is 15.4. The zero-order chi connectivity index (χ0) is 11.4. The van der Waals surface area contributed by atoms with Crippen LogP contribution in [0.4, 0.5) is 5.95 Å². The molecule has 5 nitrogen and oxygen atoms in total. The Kier molecular flexibility index (Phi) is 1.77. The summed E-state index contributed by atoms with van der Waals surface area (Å²) in [6, 6.07) is 4.63. The Morgan fingerprint density at radius 1 is 1.41 bits per heavy atom. The van der Waals surface area contributed by atoms with Crippen LogP contribution in [0.3, 0.4) is 0 Å². The molecule has 2 aromatic rings. The fourth-order valence-electron chi connectivity index (χ4n) is 2.88. The summed E-state index contributed by atoms with van der Waals surface area (Å²) in [5, 5.41) is 11.3. The molecule has 1 aliphatic heterocycles. The van der Waals surface area contributed by atoms with E-state index in [1.807, 2.05) is 16.8 Å². The quantitative estimate of drug-likeness (QED) is 0.794. The van der Waals surface area contributed by atoms with Crippen molar-refractivity contribution in [2.24, 2.45) is 11.8 Å². The van der Waals surface area contributed by atoms with Crippen LogP contribution in [0.5, 0.6) is 0 Å². The molecule has 2 aromatic heterocycles. The highest BCUT2D eigenvalue weighted by Crippen LogP contribution is 2.43. The van der Waals surface area contributed by atoms with E-state index in [2.05, 4.69) is 33.7 Å². The lowest BCUT2D eigenvalue weighted by molar-refractivity contribution is 0.693. The van der Waals surface area contributed by atoms with E-state index >= 15 is 0 Å². The van der Waals surface area contributed by atoms with Gasteiger partial charge in [0.25, 0.3) is 0 Å². The number of piperidine rings is 1. The maximum Gasteiger partial charge on any atom is 0.243 e. The predicted molar refractivity (Wildman–Crippen MR) is 65.0 cm³/mol. The molecule has 2 unspecified atom stereocenters. The van der Waals surface area contributed by atoms with Crippen molar-refractivity contribution in [2.45, 2.75) is 13.0 Å². The third kappa shape index (κ3) is 1.35. The van der Waals surface area contributed by atoms with Gasteiger partial charge in [0, 0.05) is 25.3 Å². The molecule has 1 aliphatic carbocycles. The van der Waals surface area contributed by atoms with Crippen LogP contribution in [-0.4, -0.2) is 33.7 Å². The number of rotatable bonds is 2. The van der Waals surface area contributed by atoms with E-state index < -0.39 is 0 Å². The van der Waals surface area contributed by atoms with Gasteiger partial charge in [-0.3, -0.25) is 0 Å². The highest BCUT2D eigenvalue weighted by Gasteiger charge is 2.53. The number of pyridine rings is 1. The second kappa shape index (κ2) is 3.20. The second-order valence-corrected chi connectivity index (χ2v) is 5.05. The van der Waals surface area contributed by atoms with E-state index in [4.69, 9.17) is 0 Å². The van der Waals surface area contributed by atoms with Gasteiger partial charge < -0.3 is 10.6 Å². The van der Waals surface area contributed by atoms with Gasteiger partial charge in [0.1, 0.15) is 0 Å². The Morgan fingerprint density at radius 2 is 2.24 bits per heavy atom. The molecule has 2 aliphatic rings. The summed E-state index contributed by atoms with van der Waals surface area (Å²) in [5.74, 6) is 2.32. The first-order chi connectivity index (χ1) is 8.33. The van der Waals surface area contributed by atoms with E-state index in [-0.39, 0.29) is 0 Å². The standard InChI is InChI=1S/C12H15N5/c1-7-3-2-4-17-11(7)15-12(16-17)14-10-8-5-13-6-9(8)10/h2-4,8-10,13H,5-6H2,1H3,(H,14,16). The Labute approximate surface area is 99.2 Å². The van der Waals surface area contributed by atoms with E-state index in [0.29, 0.717) is 6.04 Å². The lowest BCUT2D eigenvalue weighted by Crippen LogP contribution is -2.21. The minimum absolute atomic E-state index is 0.578. The second-order valence-electron chi connectivity index (χ2n) is 5.05. The van der Waals surface area contributed by atoms with Gasteiger partial charge in [0.05, 0.1) is 0 Å². The molecule has 1 saturated carbocycles. The van der Waals surface area contributed by atoms with E-state index in [1.54, 1.807) is 0 Å². The Bertz CT molecular complexity index is 565. The monoisotopic (exact) mass is 229 g/mol. The molecule has 3 heterocycles. The molecule has 1 saturated heterocycles. The van der Waals surface area contributed by atoms with Gasteiger partial charge in [-0.05, 0) is 30.4 Å². The lowest BCUT2D eigenvalue weighted by atomic mass is 10.3. The molecule has 2 atom stereocenters. The maximum atomic E-state index is 4.54. The average molecular weight is 229 g/mol. The fraction of sp³-hybridized carbons (Fsp3) is 0.500. The van der Waals surface area contributed by atoms with Gasteiger partial charge in [-0.1, -0.05) is 6.07 Å². The number of aryl methyl sites for hydroxylation is 1. The van der Waals surface area contributed by atoms with Crippen LogP contribution in [0.15, 0.2) is 18.3 Å². The van der Waals surface area contributed by atoms with Crippen molar-refractivity contribution in [3.05, 3.63) is 23.9 Å². The van der Waals surface area contributed by atoms with Gasteiger partial charge in [-0.15, -0.1) is 5.10 Å². The van der Waals surface area contributed by atoms with Gasteiger partial charge >= 0.3 is 0 Å². The summed E-state index contributed by atoms with van der Waals surface area (Å²) < 4.78 is 1.84. The molecule has 0 aromatic carbocycles. The number of nitrogens with one attached hydrogen (secondary N) is 2. The number of hydrogen-bond acceptors (Lipinski definition) is 4. The van der Waals surface area contributed by atoms with Gasteiger partial charge in [0.2, 0.25) is 5.95 Å². The van der Waals surface area contributed by atoms with Gasteiger partial charge in [-0.2, -0.15) is 4.98 Å². The third-order valence-electron chi connectivity index (χ3n) is 3.94. The smallest absolute Gasteiger partial charge is 0.243 e. The number of hydrogen-bond donors (Lipinski definition) is 2. The first-order valence-corrected chi connectivity index (χ1v) is 6.12. The number of fused-ring (bicyclic) bond motifs is 2. The van der Waals surface area contributed by atoms with Crippen molar-refractivity contribution in [1.82, 2.24) is 19.9 Å². The molecule has 88 valence electrons. The van der Waals surface area contributed by atoms with Crippen LogP contribution in [0.25, 0.3) is 5.65 Å². The van der Waals surface area contributed by atoms with Crippen LogP contribution in [-0.2, 0) is 0 Å². The summed E-state index contributed by atoms with van der Waals surface area (Å²) >= 11 is 0. The average Bonchev–Trinajstić information content (AvgIpc) is 2.73. The maximum absolute atomic E-state index is 4.54. The zero-order valence-corrected chi connectivity index (χ0v) is 9.72. The molecule has 0 radical (unpaired) electrons. The third-order valence-corrected chi connectivity index (χ3v) is 3.94. The van der Waals surface area contributed by atoms with Crippen molar-refractivity contribution in [2.75, 3.05) is 18.4 Å². The first kappa shape index (κ1) is 9.41. The molecule has 0 spiro atoms. The number of anilines is 1. The summed E-state index contributed by atoms with van der Waals surface area (Å²) in [4.78, 5) is 4.54. The van der Waals surface area contributed by atoms with Crippen LogP contribution >= 0.6 is 0 Å². The fourth-order valence-corrected chi connectivity index (χ4v) is 2.88. The normalized spacial score (nSPS) is 30.5. The molecule has 2 fully saturated rings. The minimum Gasteiger partial charge on any atom is -0.349 e. The van der Waals surface area contributed by atoms with Crippen molar-refractivity contribution < 1.29 is 0 Å². The molecule has 0 bridgehead atoms. The Balaban J connectivity index is 1.62. The topological polar surface area (TPSA) is 54.2 Å². The molecule has 0 amide bonds. The van der Waals surface area contributed by atoms with Gasteiger partial charge in [0.15, 0.2) is 5.65 Å². The van der Waals surface area contributed by atoms with Crippen LogP contribution in [0, 0.1) is 18.8 Å². The molecular formula is C12H15N5. The van der Waals surface area contributed by atoms with Crippen molar-refractivity contribution in [1.29, 1.82) is 0 Å². The molecule has 5 heteroatoms. The number of aromatic nitrogens is 3. The molecular weight excluding hydrogens is 214 g/mol. The lowest BCUT2D eigenvalue weighted by Gasteiger charge is -2.03. The van der Waals surface area contributed by atoms with E-state index in [1.165, 1.54) is 0 Å². The summed E-state index contributed by atoms with van der Waals surface area (Å²) in [7, 11) is 0. The summed E-state index contributed by atoms with van der Waals surface area (Å²) in [6.45, 7) is 4.33. The summed E-state index contributed by atoms with van der Waals surface area (Å²) in [6.07, 6.45) is 1.94. The Morgan fingerprint density at radius 3 is 3.00 bits per heavy atom. The molecule has 17 heavy (non-hydrogen) atoms. The molecule has 4 rings (SSSR count). The van der Waals surface area contributed by atoms with E-state index in [0.717, 1.165) is 42.1 Å². The van der Waals surface area contributed by atoms with Crippen molar-refractivity contribution in [3.63, 3.8) is 0 Å². The largest absolute Gasteiger partial charge is 0.349 e.